The van der Waals surface area contributed by atoms with E-state index in [4.69, 9.17) is 4.74 Å². The topological polar surface area (TPSA) is 26.3 Å². The van der Waals surface area contributed by atoms with Crippen LogP contribution in [0.3, 0.4) is 0 Å². The maximum Gasteiger partial charge on any atom is 0.311 e. The van der Waals surface area contributed by atoms with E-state index in [0.717, 1.165) is 12.3 Å². The molecule has 138 valence electrons. The van der Waals surface area contributed by atoms with Crippen molar-refractivity contribution in [3.05, 3.63) is 42.0 Å². The Labute approximate surface area is 153 Å². The zero-order valence-electron chi connectivity index (χ0n) is 16.0. The lowest BCUT2D eigenvalue weighted by Gasteiger charge is -2.27. The molecule has 1 aromatic rings. The second kappa shape index (κ2) is 11.1. The molecule has 25 heavy (non-hydrogen) atoms. The Morgan fingerprint density at radius 1 is 1.16 bits per heavy atom. The molecular weight excluding hydrogens is 308 g/mol. The Hall–Kier alpha value is -1.57. The molecule has 0 heterocycles. The summed E-state index contributed by atoms with van der Waals surface area (Å²) in [6.07, 6.45) is 14.0. The minimum Gasteiger partial charge on any atom is -0.427 e. The number of hydrogen-bond donors (Lipinski definition) is 0. The van der Waals surface area contributed by atoms with E-state index < -0.39 is 0 Å². The Morgan fingerprint density at radius 3 is 2.60 bits per heavy atom. The fraction of sp³-hybridized carbons (Fsp3) is 0.609. The lowest BCUT2D eigenvalue weighted by molar-refractivity contribution is -0.134. The van der Waals surface area contributed by atoms with Gasteiger partial charge in [-0.2, -0.15) is 0 Å². The van der Waals surface area contributed by atoms with Gasteiger partial charge in [0.2, 0.25) is 0 Å². The third-order valence-electron chi connectivity index (χ3n) is 5.35. The van der Waals surface area contributed by atoms with Crippen LogP contribution >= 0.6 is 0 Å². The van der Waals surface area contributed by atoms with Crippen LogP contribution in [0.25, 0.3) is 0 Å². The van der Waals surface area contributed by atoms with Gasteiger partial charge in [-0.1, -0.05) is 69.4 Å². The summed E-state index contributed by atoms with van der Waals surface area (Å²) in [4.78, 5) is 12.2. The van der Waals surface area contributed by atoms with Gasteiger partial charge in [-0.3, -0.25) is 4.79 Å². The highest BCUT2D eigenvalue weighted by Gasteiger charge is 2.21. The standard InChI is InChI=1S/C23H34O2/c1-3-5-10-20(21-15-13-19(9-4-2)14-16-21)17-18-23(24)25-22-11-7-6-8-12-22/h6-8,11-12,15,19-20H,3-5,9-10,13-14,16-18H2,1-2H3. The number of benzene rings is 1. The summed E-state index contributed by atoms with van der Waals surface area (Å²) in [7, 11) is 0. The third kappa shape index (κ3) is 7.05. The van der Waals surface area contributed by atoms with Crippen molar-refractivity contribution in [2.24, 2.45) is 11.8 Å². The summed E-state index contributed by atoms with van der Waals surface area (Å²) in [5, 5.41) is 0. The predicted molar refractivity (Wildman–Crippen MR) is 105 cm³/mol. The smallest absolute Gasteiger partial charge is 0.311 e. The predicted octanol–water partition coefficient (Wildman–Crippen LogP) is 6.71. The maximum atomic E-state index is 12.2. The minimum absolute atomic E-state index is 0.104. The fourth-order valence-electron chi connectivity index (χ4n) is 3.88. The summed E-state index contributed by atoms with van der Waals surface area (Å²) in [5.74, 6) is 1.99. The first-order valence-electron chi connectivity index (χ1n) is 10.2. The zero-order chi connectivity index (χ0) is 17.9. The number of esters is 1. The van der Waals surface area contributed by atoms with Crippen LogP contribution in [-0.4, -0.2) is 5.97 Å². The summed E-state index contributed by atoms with van der Waals surface area (Å²) < 4.78 is 5.45. The first-order chi connectivity index (χ1) is 12.2. The molecule has 1 aliphatic rings. The number of allylic oxidation sites excluding steroid dienone is 2. The molecule has 2 nitrogen and oxygen atoms in total. The first-order valence-corrected chi connectivity index (χ1v) is 10.2. The van der Waals surface area contributed by atoms with Crippen molar-refractivity contribution in [2.75, 3.05) is 0 Å². The van der Waals surface area contributed by atoms with Gasteiger partial charge in [-0.15, -0.1) is 0 Å². The summed E-state index contributed by atoms with van der Waals surface area (Å²) in [6, 6.07) is 9.39. The van der Waals surface area contributed by atoms with Crippen molar-refractivity contribution < 1.29 is 9.53 Å². The highest BCUT2D eigenvalue weighted by Crippen LogP contribution is 2.34. The van der Waals surface area contributed by atoms with Gasteiger partial charge in [-0.05, 0) is 56.1 Å². The number of rotatable bonds is 10. The van der Waals surface area contributed by atoms with Crippen LogP contribution in [0.15, 0.2) is 42.0 Å². The highest BCUT2D eigenvalue weighted by molar-refractivity contribution is 5.72. The normalized spacial score (nSPS) is 18.5. The van der Waals surface area contributed by atoms with Gasteiger partial charge in [0.1, 0.15) is 5.75 Å². The number of ether oxygens (including phenoxy) is 1. The quantitative estimate of drug-likeness (QED) is 0.268. The number of hydrogen-bond acceptors (Lipinski definition) is 2. The zero-order valence-corrected chi connectivity index (χ0v) is 16.0. The summed E-state index contributed by atoms with van der Waals surface area (Å²) >= 11 is 0. The Bertz CT molecular complexity index is 532. The molecule has 0 amide bonds. The lowest BCUT2D eigenvalue weighted by Crippen LogP contribution is -2.15. The van der Waals surface area contributed by atoms with Gasteiger partial charge < -0.3 is 4.74 Å². The Morgan fingerprint density at radius 2 is 1.96 bits per heavy atom. The molecule has 0 saturated heterocycles. The average molecular weight is 343 g/mol. The number of carbonyl (C=O) groups is 1. The number of carbonyl (C=O) groups excluding carboxylic acids is 1. The highest BCUT2D eigenvalue weighted by atomic mass is 16.5. The van der Waals surface area contributed by atoms with E-state index in [0.29, 0.717) is 18.1 Å². The van der Waals surface area contributed by atoms with E-state index in [9.17, 15) is 4.79 Å². The van der Waals surface area contributed by atoms with Crippen LogP contribution in [0.5, 0.6) is 5.75 Å². The van der Waals surface area contributed by atoms with E-state index in [-0.39, 0.29) is 5.97 Å². The van der Waals surface area contributed by atoms with Gasteiger partial charge in [0, 0.05) is 6.42 Å². The van der Waals surface area contributed by atoms with Crippen LogP contribution in [-0.2, 0) is 4.79 Å². The third-order valence-corrected chi connectivity index (χ3v) is 5.35. The van der Waals surface area contributed by atoms with Gasteiger partial charge in [-0.25, -0.2) is 0 Å². The molecule has 0 fully saturated rings. The van der Waals surface area contributed by atoms with Crippen molar-refractivity contribution in [3.8, 4) is 5.75 Å². The van der Waals surface area contributed by atoms with Crippen molar-refractivity contribution in [3.63, 3.8) is 0 Å². The molecule has 1 aliphatic carbocycles. The van der Waals surface area contributed by atoms with Gasteiger partial charge in [0.05, 0.1) is 0 Å². The molecule has 0 bridgehead atoms. The first kappa shape index (κ1) is 19.8. The fourth-order valence-corrected chi connectivity index (χ4v) is 3.88. The molecule has 2 heteroatoms. The van der Waals surface area contributed by atoms with Crippen LogP contribution in [0, 0.1) is 11.8 Å². The van der Waals surface area contributed by atoms with Crippen LogP contribution in [0.1, 0.15) is 78.1 Å². The second-order valence-corrected chi connectivity index (χ2v) is 7.37. The Kier molecular flexibility index (Phi) is 8.79. The molecule has 2 atom stereocenters. The molecule has 0 aromatic heterocycles. The molecule has 1 aromatic carbocycles. The maximum absolute atomic E-state index is 12.2. The van der Waals surface area contributed by atoms with Crippen LogP contribution in [0.2, 0.25) is 0 Å². The molecular formula is C23H34O2. The van der Waals surface area contributed by atoms with Crippen molar-refractivity contribution in [1.82, 2.24) is 0 Å². The van der Waals surface area contributed by atoms with Crippen molar-refractivity contribution in [1.29, 1.82) is 0 Å². The summed E-state index contributed by atoms with van der Waals surface area (Å²) in [5.41, 5.74) is 1.60. The van der Waals surface area contributed by atoms with Gasteiger partial charge in [0.15, 0.2) is 0 Å². The molecule has 0 radical (unpaired) electrons. The van der Waals surface area contributed by atoms with Crippen LogP contribution < -0.4 is 4.74 Å². The SMILES string of the molecule is CCCCC(CCC(=O)Oc1ccccc1)C1=CCC(CCC)CC1. The van der Waals surface area contributed by atoms with E-state index in [1.54, 1.807) is 5.57 Å². The Balaban J connectivity index is 1.86. The second-order valence-electron chi connectivity index (χ2n) is 7.37. The number of unbranched alkanes of at least 4 members (excludes halogenated alkanes) is 1. The largest absolute Gasteiger partial charge is 0.427 e. The molecule has 2 unspecified atom stereocenters. The molecule has 0 saturated carbocycles. The van der Waals surface area contributed by atoms with Gasteiger partial charge in [0.25, 0.3) is 0 Å². The van der Waals surface area contributed by atoms with Crippen molar-refractivity contribution in [2.45, 2.75) is 78.1 Å². The molecule has 2 rings (SSSR count). The molecule has 0 spiro atoms. The lowest BCUT2D eigenvalue weighted by atomic mass is 9.79. The molecule has 0 N–H and O–H groups in total. The van der Waals surface area contributed by atoms with E-state index in [2.05, 4.69) is 19.9 Å². The number of para-hydroxylation sites is 1. The van der Waals surface area contributed by atoms with E-state index in [1.165, 1.54) is 51.4 Å². The van der Waals surface area contributed by atoms with E-state index in [1.807, 2.05) is 30.3 Å². The van der Waals surface area contributed by atoms with E-state index >= 15 is 0 Å². The monoisotopic (exact) mass is 342 g/mol. The van der Waals surface area contributed by atoms with Gasteiger partial charge >= 0.3 is 5.97 Å². The minimum atomic E-state index is -0.104. The van der Waals surface area contributed by atoms with Crippen LogP contribution in [0.4, 0.5) is 0 Å². The molecule has 0 aliphatic heterocycles. The summed E-state index contributed by atoms with van der Waals surface area (Å²) in [6.45, 7) is 4.52. The van der Waals surface area contributed by atoms with Crippen molar-refractivity contribution >= 4 is 5.97 Å². The average Bonchev–Trinajstić information content (AvgIpc) is 2.64.